The van der Waals surface area contributed by atoms with Crippen molar-refractivity contribution in [1.29, 1.82) is 0 Å². The van der Waals surface area contributed by atoms with Gasteiger partial charge in [-0.2, -0.15) is 0 Å². The SMILES string of the molecule is Cc1cc(F)ccc1Oc1cc(S)ccc1C(=O)Nc1ccn[n+]([O-])c1. The van der Waals surface area contributed by atoms with Crippen LogP contribution >= 0.6 is 12.6 Å². The van der Waals surface area contributed by atoms with Crippen molar-refractivity contribution in [2.24, 2.45) is 0 Å². The van der Waals surface area contributed by atoms with E-state index in [4.69, 9.17) is 4.74 Å². The molecule has 0 unspecified atom stereocenters. The molecular formula is C18H14FN3O3S. The number of benzene rings is 2. The molecule has 1 heterocycles. The number of ether oxygens (including phenoxy) is 1. The van der Waals surface area contributed by atoms with E-state index in [2.05, 4.69) is 23.0 Å². The van der Waals surface area contributed by atoms with E-state index in [9.17, 15) is 14.4 Å². The Bertz CT molecular complexity index is 982. The molecule has 3 rings (SSSR count). The monoisotopic (exact) mass is 371 g/mol. The number of nitrogens with zero attached hydrogens (tertiary/aromatic N) is 2. The van der Waals surface area contributed by atoms with Crippen LogP contribution < -0.4 is 14.9 Å². The number of hydrogen-bond donors (Lipinski definition) is 2. The molecule has 0 spiro atoms. The van der Waals surface area contributed by atoms with Crippen molar-refractivity contribution in [2.45, 2.75) is 11.8 Å². The highest BCUT2D eigenvalue weighted by atomic mass is 32.1. The fourth-order valence-corrected chi connectivity index (χ4v) is 2.47. The molecular weight excluding hydrogens is 357 g/mol. The number of hydrogen-bond acceptors (Lipinski definition) is 5. The van der Waals surface area contributed by atoms with Crippen molar-refractivity contribution >= 4 is 24.2 Å². The molecule has 0 aliphatic heterocycles. The van der Waals surface area contributed by atoms with Gasteiger partial charge in [-0.3, -0.25) is 4.79 Å². The lowest BCUT2D eigenvalue weighted by Crippen LogP contribution is -2.30. The summed E-state index contributed by atoms with van der Waals surface area (Å²) in [6.07, 6.45) is 2.41. The van der Waals surface area contributed by atoms with Gasteiger partial charge in [0, 0.05) is 9.99 Å². The predicted molar refractivity (Wildman–Crippen MR) is 96.1 cm³/mol. The van der Waals surface area contributed by atoms with Gasteiger partial charge in [0.15, 0.2) is 0 Å². The summed E-state index contributed by atoms with van der Waals surface area (Å²) in [4.78, 5) is 13.5. The highest BCUT2D eigenvalue weighted by molar-refractivity contribution is 7.80. The van der Waals surface area contributed by atoms with Gasteiger partial charge >= 0.3 is 0 Å². The van der Waals surface area contributed by atoms with Gasteiger partial charge in [0.1, 0.15) is 23.0 Å². The van der Waals surface area contributed by atoms with E-state index in [0.29, 0.717) is 26.7 Å². The summed E-state index contributed by atoms with van der Waals surface area (Å²) in [5, 5.41) is 17.3. The Morgan fingerprint density at radius 3 is 2.77 bits per heavy atom. The summed E-state index contributed by atoms with van der Waals surface area (Å²) in [6.45, 7) is 1.70. The Balaban J connectivity index is 1.91. The lowest BCUT2D eigenvalue weighted by molar-refractivity contribution is -0.668. The molecule has 132 valence electrons. The fourth-order valence-electron chi connectivity index (χ4n) is 2.28. The molecule has 6 nitrogen and oxygen atoms in total. The summed E-state index contributed by atoms with van der Waals surface area (Å²) in [7, 11) is 0. The molecule has 26 heavy (non-hydrogen) atoms. The smallest absolute Gasteiger partial charge is 0.259 e. The highest BCUT2D eigenvalue weighted by Crippen LogP contribution is 2.30. The minimum atomic E-state index is -0.473. The Morgan fingerprint density at radius 2 is 2.04 bits per heavy atom. The molecule has 0 saturated heterocycles. The van der Waals surface area contributed by atoms with E-state index in [0.717, 1.165) is 6.20 Å². The first-order valence-corrected chi connectivity index (χ1v) is 8.01. The van der Waals surface area contributed by atoms with Crippen LogP contribution in [-0.2, 0) is 0 Å². The van der Waals surface area contributed by atoms with E-state index in [1.165, 1.54) is 30.5 Å². The summed E-state index contributed by atoms with van der Waals surface area (Å²) < 4.78 is 19.1. The average molecular weight is 371 g/mol. The van der Waals surface area contributed by atoms with Crippen molar-refractivity contribution in [3.8, 4) is 11.5 Å². The minimum absolute atomic E-state index is 0.237. The van der Waals surface area contributed by atoms with Crippen LogP contribution in [0.25, 0.3) is 0 Å². The molecule has 0 atom stereocenters. The normalized spacial score (nSPS) is 10.4. The molecule has 1 aromatic heterocycles. The molecule has 8 heteroatoms. The molecule has 2 aromatic carbocycles. The standard InChI is InChI=1S/C18H14FN3O3S/c1-11-8-12(19)2-5-16(11)25-17-9-14(26)3-4-15(17)18(23)21-13-6-7-20-22(24)10-13/h2-10,26H,1H3,(H,21,23). The van der Waals surface area contributed by atoms with Gasteiger partial charge in [-0.15, -0.1) is 12.6 Å². The molecule has 1 amide bonds. The summed E-state index contributed by atoms with van der Waals surface area (Å²) >= 11 is 4.27. The van der Waals surface area contributed by atoms with Gasteiger partial charge < -0.3 is 15.3 Å². The second-order valence-corrected chi connectivity index (χ2v) is 5.98. The zero-order valence-electron chi connectivity index (χ0n) is 13.6. The van der Waals surface area contributed by atoms with Crippen LogP contribution in [0.5, 0.6) is 11.5 Å². The largest absolute Gasteiger partial charge is 0.594 e. The molecule has 0 bridgehead atoms. The summed E-state index contributed by atoms with van der Waals surface area (Å²) in [5.41, 5.74) is 1.11. The first-order chi connectivity index (χ1) is 12.4. The fraction of sp³-hybridized carbons (Fsp3) is 0.0556. The number of thiol groups is 1. The first kappa shape index (κ1) is 17.7. The van der Waals surface area contributed by atoms with E-state index in [1.807, 2.05) is 0 Å². The molecule has 0 radical (unpaired) electrons. The number of nitrogens with one attached hydrogen (secondary N) is 1. The average Bonchev–Trinajstić information content (AvgIpc) is 2.57. The number of carbonyl (C=O) groups is 1. The number of amides is 1. The maximum Gasteiger partial charge on any atom is 0.259 e. The number of carbonyl (C=O) groups excluding carboxylic acids is 1. The zero-order chi connectivity index (χ0) is 18.7. The maximum absolute atomic E-state index is 13.3. The van der Waals surface area contributed by atoms with Crippen molar-refractivity contribution < 1.29 is 18.8 Å². The van der Waals surface area contributed by atoms with Crippen LogP contribution in [0.15, 0.2) is 59.8 Å². The molecule has 0 aliphatic carbocycles. The van der Waals surface area contributed by atoms with Gasteiger partial charge in [0.2, 0.25) is 6.20 Å². The number of aryl methyl sites for hydroxylation is 1. The third kappa shape index (κ3) is 4.09. The molecule has 0 fully saturated rings. The van der Waals surface area contributed by atoms with Crippen LogP contribution in [0.2, 0.25) is 0 Å². The Morgan fingerprint density at radius 1 is 1.23 bits per heavy atom. The van der Waals surface area contributed by atoms with Crippen molar-refractivity contribution in [1.82, 2.24) is 5.10 Å². The van der Waals surface area contributed by atoms with E-state index < -0.39 is 5.91 Å². The molecule has 1 N–H and O–H groups in total. The van der Waals surface area contributed by atoms with Crippen LogP contribution in [-0.4, -0.2) is 11.0 Å². The van der Waals surface area contributed by atoms with Crippen LogP contribution in [0.4, 0.5) is 10.1 Å². The third-order valence-corrected chi connectivity index (χ3v) is 3.79. The molecule has 3 aromatic rings. The van der Waals surface area contributed by atoms with Crippen molar-refractivity contribution in [3.63, 3.8) is 0 Å². The molecule has 0 aliphatic rings. The van der Waals surface area contributed by atoms with E-state index in [-0.39, 0.29) is 17.1 Å². The van der Waals surface area contributed by atoms with Crippen LogP contribution in [0.1, 0.15) is 15.9 Å². The van der Waals surface area contributed by atoms with Gasteiger partial charge in [-0.05, 0) is 55.0 Å². The minimum Gasteiger partial charge on any atom is -0.594 e. The quantitative estimate of drug-likeness (QED) is 0.418. The van der Waals surface area contributed by atoms with Crippen LogP contribution in [0, 0.1) is 17.9 Å². The predicted octanol–water partition coefficient (Wildman–Crippen LogP) is 3.50. The second kappa shape index (κ2) is 7.40. The van der Waals surface area contributed by atoms with Crippen molar-refractivity contribution in [2.75, 3.05) is 5.32 Å². The number of anilines is 1. The first-order valence-electron chi connectivity index (χ1n) is 7.56. The van der Waals surface area contributed by atoms with Gasteiger partial charge in [0.25, 0.3) is 5.91 Å². The second-order valence-electron chi connectivity index (χ2n) is 5.46. The zero-order valence-corrected chi connectivity index (χ0v) is 14.5. The lowest BCUT2D eigenvalue weighted by Gasteiger charge is -2.13. The Hall–Kier alpha value is -3.13. The van der Waals surface area contributed by atoms with Crippen LogP contribution in [0.3, 0.4) is 0 Å². The number of halogens is 1. The highest BCUT2D eigenvalue weighted by Gasteiger charge is 2.16. The molecule has 0 saturated carbocycles. The summed E-state index contributed by atoms with van der Waals surface area (Å²) in [5.74, 6) is -0.173. The van der Waals surface area contributed by atoms with E-state index >= 15 is 0 Å². The third-order valence-electron chi connectivity index (χ3n) is 3.51. The van der Waals surface area contributed by atoms with Gasteiger partial charge in [0.05, 0.1) is 11.8 Å². The number of rotatable bonds is 4. The van der Waals surface area contributed by atoms with Gasteiger partial charge in [-0.1, -0.05) is 4.85 Å². The maximum atomic E-state index is 13.3. The van der Waals surface area contributed by atoms with E-state index in [1.54, 1.807) is 25.1 Å². The number of aromatic nitrogens is 2. The van der Waals surface area contributed by atoms with Gasteiger partial charge in [-0.25, -0.2) is 4.39 Å². The Labute approximate surface area is 154 Å². The summed E-state index contributed by atoms with van der Waals surface area (Å²) in [6, 6.07) is 10.4. The van der Waals surface area contributed by atoms with Crippen molar-refractivity contribution in [3.05, 3.63) is 77.0 Å². The Kier molecular flexibility index (Phi) is 5.04. The topological polar surface area (TPSA) is 78.2 Å². The lowest BCUT2D eigenvalue weighted by atomic mass is 10.1.